The molecule has 1 nitrogen and oxygen atoms in total. The second-order valence-corrected chi connectivity index (χ2v) is 2.81. The summed E-state index contributed by atoms with van der Waals surface area (Å²) in [6.07, 6.45) is -4.26. The average Bonchev–Trinajstić information content (AvgIpc) is 2.06. The van der Waals surface area contributed by atoms with Gasteiger partial charge in [0.2, 0.25) is 0 Å². The normalized spacial score (nSPS) is 11.7. The fourth-order valence-electron chi connectivity index (χ4n) is 0.981. The number of halogens is 4. The standard InChI is InChI=1S/C9H9F4N/c10-8-4-2-1-3-7(8)5-14-6-9(11,12)13/h1-4,14H,5-6H2. The first-order valence-electron chi connectivity index (χ1n) is 4.00. The zero-order chi connectivity index (χ0) is 10.6. The summed E-state index contributed by atoms with van der Waals surface area (Å²) in [5.41, 5.74) is 0.233. The molecule has 0 amide bonds. The zero-order valence-corrected chi connectivity index (χ0v) is 7.24. The summed E-state index contributed by atoms with van der Waals surface area (Å²) in [5, 5.41) is 2.12. The van der Waals surface area contributed by atoms with Gasteiger partial charge >= 0.3 is 6.18 Å². The summed E-state index contributed by atoms with van der Waals surface area (Å²) in [5.74, 6) is -0.498. The highest BCUT2D eigenvalue weighted by atomic mass is 19.4. The van der Waals surface area contributed by atoms with Gasteiger partial charge in [-0.2, -0.15) is 13.2 Å². The quantitative estimate of drug-likeness (QED) is 0.751. The molecule has 0 aliphatic rings. The maximum Gasteiger partial charge on any atom is 0.401 e. The second-order valence-electron chi connectivity index (χ2n) is 2.81. The highest BCUT2D eigenvalue weighted by Crippen LogP contribution is 2.13. The van der Waals surface area contributed by atoms with Crippen LogP contribution in [0.15, 0.2) is 24.3 Å². The first-order valence-corrected chi connectivity index (χ1v) is 4.00. The Morgan fingerprint density at radius 3 is 2.36 bits per heavy atom. The molecule has 0 radical (unpaired) electrons. The van der Waals surface area contributed by atoms with Crippen molar-refractivity contribution in [1.82, 2.24) is 5.32 Å². The number of hydrogen-bond acceptors (Lipinski definition) is 1. The van der Waals surface area contributed by atoms with Gasteiger partial charge in [0.15, 0.2) is 0 Å². The van der Waals surface area contributed by atoms with Crippen LogP contribution in [0.3, 0.4) is 0 Å². The Morgan fingerprint density at radius 1 is 1.14 bits per heavy atom. The van der Waals surface area contributed by atoms with Gasteiger partial charge in [0.25, 0.3) is 0 Å². The van der Waals surface area contributed by atoms with E-state index in [0.717, 1.165) is 0 Å². The number of benzene rings is 1. The van der Waals surface area contributed by atoms with Gasteiger partial charge in [-0.05, 0) is 6.07 Å². The van der Waals surface area contributed by atoms with Crippen LogP contribution >= 0.6 is 0 Å². The number of nitrogens with one attached hydrogen (secondary N) is 1. The fraction of sp³-hybridized carbons (Fsp3) is 0.333. The highest BCUT2D eigenvalue weighted by molar-refractivity contribution is 5.16. The van der Waals surface area contributed by atoms with E-state index in [9.17, 15) is 17.6 Å². The van der Waals surface area contributed by atoms with Gasteiger partial charge in [-0.15, -0.1) is 0 Å². The minimum atomic E-state index is -4.26. The molecule has 0 saturated carbocycles. The Morgan fingerprint density at radius 2 is 1.79 bits per heavy atom. The lowest BCUT2D eigenvalue weighted by Gasteiger charge is -2.08. The minimum Gasteiger partial charge on any atom is -0.304 e. The molecule has 0 aromatic heterocycles. The molecular formula is C9H9F4N. The minimum absolute atomic E-state index is 0.119. The summed E-state index contributed by atoms with van der Waals surface area (Å²) < 4.78 is 48.0. The van der Waals surface area contributed by atoms with Crippen LogP contribution in [-0.4, -0.2) is 12.7 Å². The van der Waals surface area contributed by atoms with Gasteiger partial charge in [-0.3, -0.25) is 0 Å². The zero-order valence-electron chi connectivity index (χ0n) is 7.24. The summed E-state index contributed by atoms with van der Waals surface area (Å²) in [6.45, 7) is -1.23. The summed E-state index contributed by atoms with van der Waals surface area (Å²) in [4.78, 5) is 0. The van der Waals surface area contributed by atoms with E-state index in [1.54, 1.807) is 6.07 Å². The van der Waals surface area contributed by atoms with E-state index in [1.807, 2.05) is 0 Å². The predicted octanol–water partition coefficient (Wildman–Crippen LogP) is 2.48. The first kappa shape index (κ1) is 11.0. The van der Waals surface area contributed by atoms with E-state index >= 15 is 0 Å². The molecule has 5 heteroatoms. The molecule has 0 aliphatic carbocycles. The summed E-state index contributed by atoms with van der Waals surface area (Å²) >= 11 is 0. The van der Waals surface area contributed by atoms with E-state index < -0.39 is 18.5 Å². The highest BCUT2D eigenvalue weighted by Gasteiger charge is 2.26. The van der Waals surface area contributed by atoms with E-state index in [-0.39, 0.29) is 12.1 Å². The van der Waals surface area contributed by atoms with Crippen molar-refractivity contribution in [2.24, 2.45) is 0 Å². The van der Waals surface area contributed by atoms with Crippen molar-refractivity contribution in [1.29, 1.82) is 0 Å². The fourth-order valence-corrected chi connectivity index (χ4v) is 0.981. The Bertz CT molecular complexity index is 295. The third-order valence-electron chi connectivity index (χ3n) is 1.60. The van der Waals surface area contributed by atoms with E-state index in [0.29, 0.717) is 0 Å². The lowest BCUT2D eigenvalue weighted by Crippen LogP contribution is -2.28. The molecule has 14 heavy (non-hydrogen) atoms. The van der Waals surface area contributed by atoms with Crippen molar-refractivity contribution in [3.8, 4) is 0 Å². The van der Waals surface area contributed by atoms with E-state index in [1.165, 1.54) is 18.2 Å². The van der Waals surface area contributed by atoms with Crippen molar-refractivity contribution in [3.05, 3.63) is 35.6 Å². The lowest BCUT2D eigenvalue weighted by molar-refractivity contribution is -0.125. The topological polar surface area (TPSA) is 12.0 Å². The van der Waals surface area contributed by atoms with Crippen LogP contribution in [0, 0.1) is 5.82 Å². The van der Waals surface area contributed by atoms with E-state index in [4.69, 9.17) is 0 Å². The average molecular weight is 207 g/mol. The van der Waals surface area contributed by atoms with E-state index in [2.05, 4.69) is 5.32 Å². The molecular weight excluding hydrogens is 198 g/mol. The Hall–Kier alpha value is -1.10. The maximum atomic E-state index is 12.9. The third kappa shape index (κ3) is 3.74. The Labute approximate surface area is 78.7 Å². The van der Waals surface area contributed by atoms with Gasteiger partial charge in [0.1, 0.15) is 5.82 Å². The summed E-state index contributed by atoms with van der Waals surface area (Å²) in [6, 6.07) is 5.72. The van der Waals surface area contributed by atoms with Crippen molar-refractivity contribution < 1.29 is 17.6 Å². The maximum absolute atomic E-state index is 12.9. The molecule has 0 saturated heterocycles. The molecule has 1 N–H and O–H groups in total. The van der Waals surface area contributed by atoms with Crippen molar-refractivity contribution in [2.45, 2.75) is 12.7 Å². The van der Waals surface area contributed by atoms with Gasteiger partial charge in [0.05, 0.1) is 6.54 Å². The molecule has 0 unspecified atom stereocenters. The smallest absolute Gasteiger partial charge is 0.304 e. The van der Waals surface area contributed by atoms with Crippen LogP contribution < -0.4 is 5.32 Å². The van der Waals surface area contributed by atoms with Crippen molar-refractivity contribution >= 4 is 0 Å². The van der Waals surface area contributed by atoms with Gasteiger partial charge < -0.3 is 5.32 Å². The van der Waals surface area contributed by atoms with Crippen LogP contribution in [-0.2, 0) is 6.54 Å². The second kappa shape index (κ2) is 4.41. The first-order chi connectivity index (χ1) is 6.49. The molecule has 0 fully saturated rings. The largest absolute Gasteiger partial charge is 0.401 e. The van der Waals surface area contributed by atoms with Gasteiger partial charge in [0, 0.05) is 12.1 Å². The molecule has 1 aromatic carbocycles. The van der Waals surface area contributed by atoms with Crippen molar-refractivity contribution in [3.63, 3.8) is 0 Å². The molecule has 0 spiro atoms. The molecule has 0 heterocycles. The predicted molar refractivity (Wildman–Crippen MR) is 44.2 cm³/mol. The van der Waals surface area contributed by atoms with Crippen LogP contribution in [0.5, 0.6) is 0 Å². The Balaban J connectivity index is 2.43. The van der Waals surface area contributed by atoms with Crippen LogP contribution in [0.1, 0.15) is 5.56 Å². The molecule has 0 atom stereocenters. The van der Waals surface area contributed by atoms with Crippen LogP contribution in [0.4, 0.5) is 17.6 Å². The SMILES string of the molecule is Fc1ccccc1CNCC(F)(F)F. The molecule has 1 rings (SSSR count). The number of alkyl halides is 3. The van der Waals surface area contributed by atoms with Gasteiger partial charge in [-0.1, -0.05) is 18.2 Å². The molecule has 78 valence electrons. The van der Waals surface area contributed by atoms with Crippen LogP contribution in [0.2, 0.25) is 0 Å². The number of rotatable bonds is 3. The molecule has 1 aromatic rings. The molecule has 0 aliphatic heterocycles. The lowest BCUT2D eigenvalue weighted by atomic mass is 10.2. The van der Waals surface area contributed by atoms with Gasteiger partial charge in [-0.25, -0.2) is 4.39 Å². The summed E-state index contributed by atoms with van der Waals surface area (Å²) in [7, 11) is 0. The third-order valence-corrected chi connectivity index (χ3v) is 1.60. The monoisotopic (exact) mass is 207 g/mol. The number of hydrogen-bond donors (Lipinski definition) is 1. The van der Waals surface area contributed by atoms with Crippen LogP contribution in [0.25, 0.3) is 0 Å². The Kier molecular flexibility index (Phi) is 3.46. The molecule has 0 bridgehead atoms. The van der Waals surface area contributed by atoms with Crippen molar-refractivity contribution in [2.75, 3.05) is 6.54 Å².